The van der Waals surface area contributed by atoms with E-state index in [1.807, 2.05) is 61.5 Å². The van der Waals surface area contributed by atoms with Gasteiger partial charge in [0.05, 0.1) is 6.04 Å². The Morgan fingerprint density at radius 1 is 1.05 bits per heavy atom. The highest BCUT2D eigenvalue weighted by Gasteiger charge is 2.11. The van der Waals surface area contributed by atoms with Crippen LogP contribution in [0.5, 0.6) is 0 Å². The van der Waals surface area contributed by atoms with Gasteiger partial charge in [-0.25, -0.2) is 4.79 Å². The summed E-state index contributed by atoms with van der Waals surface area (Å²) in [5.74, 6) is 0. The number of amides is 2. The van der Waals surface area contributed by atoms with E-state index in [0.717, 1.165) is 11.3 Å². The number of rotatable bonds is 3. The highest BCUT2D eigenvalue weighted by Crippen LogP contribution is 2.22. The van der Waals surface area contributed by atoms with E-state index in [1.54, 1.807) is 0 Å². The van der Waals surface area contributed by atoms with Gasteiger partial charge in [-0.3, -0.25) is 0 Å². The van der Waals surface area contributed by atoms with Crippen LogP contribution in [0.15, 0.2) is 54.6 Å². The molecule has 98 valence electrons. The number of para-hydroxylation sites is 1. The number of hydrogen-bond donors (Lipinski definition) is 2. The van der Waals surface area contributed by atoms with Gasteiger partial charge in [-0.05, 0) is 30.7 Å². The fourth-order valence-corrected chi connectivity index (χ4v) is 2.09. The van der Waals surface area contributed by atoms with Crippen LogP contribution in [0.3, 0.4) is 0 Å². The van der Waals surface area contributed by atoms with Crippen LogP contribution >= 0.6 is 11.6 Å². The molecule has 4 heteroatoms. The monoisotopic (exact) mass is 274 g/mol. The van der Waals surface area contributed by atoms with Crippen LogP contribution in [0.2, 0.25) is 5.02 Å². The van der Waals surface area contributed by atoms with Gasteiger partial charge in [-0.15, -0.1) is 0 Å². The second-order valence-electron chi connectivity index (χ2n) is 4.21. The highest BCUT2D eigenvalue weighted by atomic mass is 35.5. The molecule has 0 aliphatic heterocycles. The third kappa shape index (κ3) is 3.73. The fraction of sp³-hybridized carbons (Fsp3) is 0.133. The van der Waals surface area contributed by atoms with Crippen molar-refractivity contribution < 1.29 is 4.79 Å². The molecule has 0 radical (unpaired) electrons. The van der Waals surface area contributed by atoms with Gasteiger partial charge in [0.2, 0.25) is 0 Å². The molecule has 1 atom stereocenters. The second kappa shape index (κ2) is 6.25. The number of halogens is 1. The predicted molar refractivity (Wildman–Crippen MR) is 78.5 cm³/mol. The molecule has 2 aromatic carbocycles. The van der Waals surface area contributed by atoms with E-state index in [2.05, 4.69) is 10.6 Å². The minimum atomic E-state index is -0.251. The van der Waals surface area contributed by atoms with E-state index in [9.17, 15) is 4.79 Å². The van der Waals surface area contributed by atoms with Gasteiger partial charge in [-0.1, -0.05) is 48.0 Å². The maximum absolute atomic E-state index is 11.8. The quantitative estimate of drug-likeness (QED) is 0.864. The van der Waals surface area contributed by atoms with Crippen LogP contribution in [-0.2, 0) is 0 Å². The molecule has 0 saturated heterocycles. The first-order valence-electron chi connectivity index (χ1n) is 6.04. The summed E-state index contributed by atoms with van der Waals surface area (Å²) in [7, 11) is 0. The Morgan fingerprint density at radius 2 is 1.68 bits per heavy atom. The van der Waals surface area contributed by atoms with Crippen molar-refractivity contribution in [3.63, 3.8) is 0 Å². The van der Waals surface area contributed by atoms with Gasteiger partial charge in [0.1, 0.15) is 0 Å². The zero-order chi connectivity index (χ0) is 13.7. The van der Waals surface area contributed by atoms with E-state index in [4.69, 9.17) is 11.6 Å². The number of carbonyl (C=O) groups is 1. The zero-order valence-corrected chi connectivity index (χ0v) is 11.3. The van der Waals surface area contributed by atoms with Gasteiger partial charge in [0.15, 0.2) is 0 Å². The van der Waals surface area contributed by atoms with Crippen molar-refractivity contribution in [2.45, 2.75) is 13.0 Å². The van der Waals surface area contributed by atoms with Crippen molar-refractivity contribution >= 4 is 23.3 Å². The minimum Gasteiger partial charge on any atom is -0.331 e. The fourth-order valence-electron chi connectivity index (χ4n) is 1.79. The van der Waals surface area contributed by atoms with Crippen LogP contribution in [0.1, 0.15) is 18.5 Å². The molecule has 2 amide bonds. The lowest BCUT2D eigenvalue weighted by Crippen LogP contribution is -2.31. The Hall–Kier alpha value is -2.00. The topological polar surface area (TPSA) is 41.1 Å². The second-order valence-corrected chi connectivity index (χ2v) is 4.61. The molecule has 0 fully saturated rings. The largest absolute Gasteiger partial charge is 0.331 e. The summed E-state index contributed by atoms with van der Waals surface area (Å²) in [5.41, 5.74) is 1.65. The normalized spacial score (nSPS) is 11.7. The molecular formula is C15H15ClN2O. The lowest BCUT2D eigenvalue weighted by Gasteiger charge is -2.16. The first-order chi connectivity index (χ1) is 9.16. The first-order valence-corrected chi connectivity index (χ1v) is 6.41. The average Bonchev–Trinajstić information content (AvgIpc) is 2.40. The maximum atomic E-state index is 11.8. The van der Waals surface area contributed by atoms with Gasteiger partial charge in [0, 0.05) is 10.7 Å². The number of hydrogen-bond acceptors (Lipinski definition) is 1. The van der Waals surface area contributed by atoms with Gasteiger partial charge >= 0.3 is 6.03 Å². The van der Waals surface area contributed by atoms with Crippen molar-refractivity contribution in [3.05, 3.63) is 65.2 Å². The van der Waals surface area contributed by atoms with Crippen LogP contribution in [0.25, 0.3) is 0 Å². The third-order valence-corrected chi connectivity index (χ3v) is 3.10. The van der Waals surface area contributed by atoms with Crippen LogP contribution in [-0.4, -0.2) is 6.03 Å². The zero-order valence-electron chi connectivity index (χ0n) is 10.6. The van der Waals surface area contributed by atoms with Crippen molar-refractivity contribution in [2.75, 3.05) is 5.32 Å². The molecule has 0 bridgehead atoms. The molecule has 2 N–H and O–H groups in total. The molecule has 0 aliphatic carbocycles. The van der Waals surface area contributed by atoms with E-state index in [1.165, 1.54) is 0 Å². The Labute approximate surface area is 117 Å². The third-order valence-electron chi connectivity index (χ3n) is 2.75. The summed E-state index contributed by atoms with van der Waals surface area (Å²) >= 11 is 6.09. The SMILES string of the molecule is CC(NC(=O)Nc1ccccc1)c1ccccc1Cl. The lowest BCUT2D eigenvalue weighted by atomic mass is 10.1. The van der Waals surface area contributed by atoms with E-state index >= 15 is 0 Å². The van der Waals surface area contributed by atoms with Crippen molar-refractivity contribution in [2.24, 2.45) is 0 Å². The molecular weight excluding hydrogens is 260 g/mol. The number of benzene rings is 2. The van der Waals surface area contributed by atoms with Crippen molar-refractivity contribution in [1.29, 1.82) is 0 Å². The number of urea groups is 1. The Bertz CT molecular complexity index is 557. The Kier molecular flexibility index (Phi) is 4.42. The van der Waals surface area contributed by atoms with Crippen LogP contribution in [0, 0.1) is 0 Å². The van der Waals surface area contributed by atoms with E-state index in [-0.39, 0.29) is 12.1 Å². The molecule has 2 aromatic rings. The van der Waals surface area contributed by atoms with Crippen LogP contribution in [0.4, 0.5) is 10.5 Å². The van der Waals surface area contributed by atoms with Gasteiger partial charge in [-0.2, -0.15) is 0 Å². The molecule has 0 saturated carbocycles. The summed E-state index contributed by atoms with van der Waals surface area (Å²) in [5, 5.41) is 6.27. The number of nitrogens with one attached hydrogen (secondary N) is 2. The summed E-state index contributed by atoms with van der Waals surface area (Å²) in [4.78, 5) is 11.8. The summed E-state index contributed by atoms with van der Waals surface area (Å²) in [6.45, 7) is 1.89. The molecule has 0 heterocycles. The molecule has 0 aliphatic rings. The lowest BCUT2D eigenvalue weighted by molar-refractivity contribution is 0.249. The Balaban J connectivity index is 1.98. The van der Waals surface area contributed by atoms with Gasteiger partial charge < -0.3 is 10.6 Å². The van der Waals surface area contributed by atoms with E-state index in [0.29, 0.717) is 5.02 Å². The first kappa shape index (κ1) is 13.4. The Morgan fingerprint density at radius 3 is 2.37 bits per heavy atom. The predicted octanol–water partition coefficient (Wildman–Crippen LogP) is 4.22. The molecule has 3 nitrogen and oxygen atoms in total. The summed E-state index contributed by atoms with van der Waals surface area (Å²) in [6, 6.07) is 16.4. The summed E-state index contributed by atoms with van der Waals surface area (Å²) < 4.78 is 0. The molecule has 1 unspecified atom stereocenters. The molecule has 0 aromatic heterocycles. The van der Waals surface area contributed by atoms with Crippen LogP contribution < -0.4 is 10.6 Å². The number of carbonyl (C=O) groups excluding carboxylic acids is 1. The molecule has 2 rings (SSSR count). The van der Waals surface area contributed by atoms with Crippen molar-refractivity contribution in [3.8, 4) is 0 Å². The number of anilines is 1. The summed E-state index contributed by atoms with van der Waals surface area (Å²) in [6.07, 6.45) is 0. The molecule has 0 spiro atoms. The van der Waals surface area contributed by atoms with Crippen molar-refractivity contribution in [1.82, 2.24) is 5.32 Å². The van der Waals surface area contributed by atoms with E-state index < -0.39 is 0 Å². The maximum Gasteiger partial charge on any atom is 0.319 e. The van der Waals surface area contributed by atoms with Gasteiger partial charge in [0.25, 0.3) is 0 Å². The average molecular weight is 275 g/mol. The highest BCUT2D eigenvalue weighted by molar-refractivity contribution is 6.31. The smallest absolute Gasteiger partial charge is 0.319 e. The minimum absolute atomic E-state index is 0.155. The molecule has 19 heavy (non-hydrogen) atoms. The standard InChI is InChI=1S/C15H15ClN2O/c1-11(13-9-5-6-10-14(13)16)17-15(19)18-12-7-3-2-4-8-12/h2-11H,1H3,(H2,17,18,19).